The first kappa shape index (κ1) is 18.8. The van der Waals surface area contributed by atoms with E-state index in [-0.39, 0.29) is 12.0 Å². The van der Waals surface area contributed by atoms with Gasteiger partial charge in [0.2, 0.25) is 0 Å². The average molecular weight is 245 g/mol. The zero-order valence-corrected chi connectivity index (χ0v) is 12.7. The fourth-order valence-corrected chi connectivity index (χ4v) is 1.59. The fourth-order valence-electron chi connectivity index (χ4n) is 1.59. The van der Waals surface area contributed by atoms with E-state index in [1.807, 2.05) is 32.6 Å². The van der Waals surface area contributed by atoms with E-state index in [9.17, 15) is 4.79 Å². The van der Waals surface area contributed by atoms with Crippen LogP contribution in [0.1, 0.15) is 54.4 Å². The van der Waals surface area contributed by atoms with Crippen LogP contribution in [0.5, 0.6) is 0 Å². The Morgan fingerprint density at radius 1 is 1.18 bits per heavy atom. The van der Waals surface area contributed by atoms with Gasteiger partial charge >= 0.3 is 0 Å². The summed E-state index contributed by atoms with van der Waals surface area (Å²) in [6.07, 6.45) is 1.97. The first-order valence-electron chi connectivity index (χ1n) is 6.96. The third-order valence-corrected chi connectivity index (χ3v) is 2.80. The Labute approximate surface area is 108 Å². The smallest absolute Gasteiger partial charge is 0.251 e. The van der Waals surface area contributed by atoms with Crippen molar-refractivity contribution in [2.75, 3.05) is 20.2 Å². The van der Waals surface area contributed by atoms with Crippen molar-refractivity contribution in [2.24, 2.45) is 5.92 Å². The molecule has 1 atom stereocenters. The maximum Gasteiger partial charge on any atom is 0.251 e. The van der Waals surface area contributed by atoms with Crippen LogP contribution in [0.4, 0.5) is 0 Å². The van der Waals surface area contributed by atoms with Crippen LogP contribution in [0, 0.1) is 5.92 Å². The summed E-state index contributed by atoms with van der Waals surface area (Å²) in [5.74, 6) is 0.899. The van der Waals surface area contributed by atoms with Gasteiger partial charge in [0.25, 0.3) is 5.91 Å². The Hall–Kier alpha value is -0.570. The predicted molar refractivity (Wildman–Crippen MR) is 74.1 cm³/mol. The highest BCUT2D eigenvalue weighted by molar-refractivity contribution is 5.80. The van der Waals surface area contributed by atoms with E-state index < -0.39 is 0 Å². The third-order valence-electron chi connectivity index (χ3n) is 2.80. The molecule has 104 valence electrons. The molecule has 0 bridgehead atoms. The summed E-state index contributed by atoms with van der Waals surface area (Å²) in [5, 5.41) is 0. The van der Waals surface area contributed by atoms with Crippen molar-refractivity contribution in [1.82, 2.24) is 4.90 Å². The monoisotopic (exact) mass is 245 g/mol. The number of amides is 1. The van der Waals surface area contributed by atoms with Gasteiger partial charge in [0.15, 0.2) is 0 Å². The van der Waals surface area contributed by atoms with Crippen LogP contribution < -0.4 is 0 Å². The second-order valence-electron chi connectivity index (χ2n) is 3.89. The zero-order chi connectivity index (χ0) is 13.8. The summed E-state index contributed by atoms with van der Waals surface area (Å²) >= 11 is 0. The lowest BCUT2D eigenvalue weighted by Gasteiger charge is -2.31. The number of carbonyl (C=O) groups excluding carboxylic acids is 1. The summed E-state index contributed by atoms with van der Waals surface area (Å²) in [6, 6.07) is 0. The molecule has 0 aromatic rings. The topological polar surface area (TPSA) is 29.5 Å². The summed E-state index contributed by atoms with van der Waals surface area (Å²) in [4.78, 5) is 13.5. The zero-order valence-electron chi connectivity index (χ0n) is 12.7. The first-order valence-corrected chi connectivity index (χ1v) is 6.96. The lowest BCUT2D eigenvalue weighted by atomic mass is 9.99. The normalized spacial score (nSPS) is 17.2. The predicted octanol–water partition coefficient (Wildman–Crippen LogP) is 3.33. The number of hydrogen-bond donors (Lipinski definition) is 0. The standard InChI is InChI=1S/C10H19NO2.2C2H6/c1-8-4-6-11(7-5-8)10(12)9(2)13-3;2*1-2/h8-9H,4-7H2,1-3H3;2*1-2H3. The van der Waals surface area contributed by atoms with Crippen molar-refractivity contribution in [3.8, 4) is 0 Å². The molecule has 1 amide bonds. The van der Waals surface area contributed by atoms with Crippen molar-refractivity contribution < 1.29 is 9.53 Å². The van der Waals surface area contributed by atoms with E-state index in [4.69, 9.17) is 4.74 Å². The lowest BCUT2D eigenvalue weighted by Crippen LogP contribution is -2.43. The van der Waals surface area contributed by atoms with Crippen molar-refractivity contribution in [1.29, 1.82) is 0 Å². The first-order chi connectivity index (χ1) is 8.15. The van der Waals surface area contributed by atoms with Crippen LogP contribution in [-0.2, 0) is 9.53 Å². The van der Waals surface area contributed by atoms with E-state index in [1.165, 1.54) is 0 Å². The van der Waals surface area contributed by atoms with Gasteiger partial charge in [0.1, 0.15) is 6.10 Å². The Bertz CT molecular complexity index is 175. The second kappa shape index (κ2) is 11.9. The lowest BCUT2D eigenvalue weighted by molar-refractivity contribution is -0.142. The van der Waals surface area contributed by atoms with Gasteiger partial charge in [0, 0.05) is 20.2 Å². The van der Waals surface area contributed by atoms with Gasteiger partial charge in [-0.2, -0.15) is 0 Å². The van der Waals surface area contributed by atoms with Crippen LogP contribution in [0.15, 0.2) is 0 Å². The summed E-state index contributed by atoms with van der Waals surface area (Å²) in [7, 11) is 1.58. The number of hydrogen-bond acceptors (Lipinski definition) is 2. The Kier molecular flexibility index (Phi) is 13.2. The Morgan fingerprint density at radius 2 is 1.59 bits per heavy atom. The maximum atomic E-state index is 11.6. The molecule has 0 spiro atoms. The summed E-state index contributed by atoms with van der Waals surface area (Å²) in [6.45, 7) is 13.8. The summed E-state index contributed by atoms with van der Waals surface area (Å²) in [5.41, 5.74) is 0. The molecule has 0 aromatic heterocycles. The summed E-state index contributed by atoms with van der Waals surface area (Å²) < 4.78 is 5.00. The molecular formula is C14H31NO2. The van der Waals surface area contributed by atoms with E-state index in [1.54, 1.807) is 14.0 Å². The second-order valence-corrected chi connectivity index (χ2v) is 3.89. The highest BCUT2D eigenvalue weighted by Gasteiger charge is 2.23. The van der Waals surface area contributed by atoms with Gasteiger partial charge in [-0.3, -0.25) is 4.79 Å². The number of piperidine rings is 1. The van der Waals surface area contributed by atoms with Gasteiger partial charge in [-0.15, -0.1) is 0 Å². The molecule has 0 N–H and O–H groups in total. The molecule has 1 rings (SSSR count). The van der Waals surface area contributed by atoms with Crippen molar-refractivity contribution in [2.45, 2.75) is 60.5 Å². The molecule has 1 fully saturated rings. The Morgan fingerprint density at radius 3 is 1.94 bits per heavy atom. The average Bonchev–Trinajstić information content (AvgIpc) is 2.42. The quantitative estimate of drug-likeness (QED) is 0.747. The minimum Gasteiger partial charge on any atom is -0.372 e. The van der Waals surface area contributed by atoms with E-state index in [0.717, 1.165) is 31.8 Å². The minimum atomic E-state index is -0.284. The molecule has 1 aliphatic rings. The molecule has 1 aliphatic heterocycles. The molecule has 0 aromatic carbocycles. The number of ether oxygens (including phenoxy) is 1. The molecule has 0 aliphatic carbocycles. The van der Waals surface area contributed by atoms with Crippen LogP contribution in [0.25, 0.3) is 0 Å². The SMILES string of the molecule is CC.CC.COC(C)C(=O)N1CCC(C)CC1. The van der Waals surface area contributed by atoms with Gasteiger partial charge in [-0.05, 0) is 25.7 Å². The van der Waals surface area contributed by atoms with Crippen LogP contribution in [0.3, 0.4) is 0 Å². The maximum absolute atomic E-state index is 11.6. The van der Waals surface area contributed by atoms with Crippen LogP contribution >= 0.6 is 0 Å². The molecule has 1 saturated heterocycles. The van der Waals surface area contributed by atoms with Crippen molar-refractivity contribution in [3.63, 3.8) is 0 Å². The number of likely N-dealkylation sites (tertiary alicyclic amines) is 1. The largest absolute Gasteiger partial charge is 0.372 e. The number of carbonyl (C=O) groups is 1. The minimum absolute atomic E-state index is 0.134. The third kappa shape index (κ3) is 7.37. The van der Waals surface area contributed by atoms with Crippen molar-refractivity contribution in [3.05, 3.63) is 0 Å². The molecule has 3 heteroatoms. The van der Waals surface area contributed by atoms with E-state index in [2.05, 4.69) is 6.92 Å². The number of methoxy groups -OCH3 is 1. The van der Waals surface area contributed by atoms with Gasteiger partial charge in [-0.25, -0.2) is 0 Å². The molecule has 0 saturated carbocycles. The highest BCUT2D eigenvalue weighted by atomic mass is 16.5. The van der Waals surface area contributed by atoms with Gasteiger partial charge in [0.05, 0.1) is 0 Å². The fraction of sp³-hybridized carbons (Fsp3) is 0.929. The highest BCUT2D eigenvalue weighted by Crippen LogP contribution is 2.16. The van der Waals surface area contributed by atoms with Crippen LogP contribution in [-0.4, -0.2) is 37.1 Å². The molecular weight excluding hydrogens is 214 g/mol. The Balaban J connectivity index is 0. The number of nitrogens with zero attached hydrogens (tertiary/aromatic N) is 1. The van der Waals surface area contributed by atoms with E-state index in [0.29, 0.717) is 0 Å². The molecule has 3 nitrogen and oxygen atoms in total. The van der Waals surface area contributed by atoms with Gasteiger partial charge in [-0.1, -0.05) is 34.6 Å². The molecule has 1 heterocycles. The molecule has 17 heavy (non-hydrogen) atoms. The van der Waals surface area contributed by atoms with Crippen molar-refractivity contribution >= 4 is 5.91 Å². The molecule has 1 unspecified atom stereocenters. The van der Waals surface area contributed by atoms with E-state index >= 15 is 0 Å². The van der Waals surface area contributed by atoms with Gasteiger partial charge < -0.3 is 9.64 Å². The van der Waals surface area contributed by atoms with Crippen LogP contribution in [0.2, 0.25) is 0 Å². The number of rotatable bonds is 2. The molecule has 0 radical (unpaired) electrons.